The van der Waals surface area contributed by atoms with Crippen LogP contribution in [0.4, 0.5) is 0 Å². The van der Waals surface area contributed by atoms with E-state index in [1.807, 2.05) is 11.8 Å². The first-order valence-corrected chi connectivity index (χ1v) is 6.89. The molecule has 3 unspecified atom stereocenters. The van der Waals surface area contributed by atoms with Gasteiger partial charge in [0.05, 0.1) is 0 Å². The number of amides is 2. The molecular weight excluding hydrogens is 230 g/mol. The highest BCUT2D eigenvalue weighted by atomic mass is 16.2. The maximum absolute atomic E-state index is 12.0. The minimum atomic E-state index is 0.0838. The van der Waals surface area contributed by atoms with E-state index in [2.05, 4.69) is 5.32 Å². The number of hydrogen-bond donors (Lipinski definition) is 2. The fourth-order valence-corrected chi connectivity index (χ4v) is 2.85. The Labute approximate surface area is 108 Å². The Balaban J connectivity index is 1.83. The van der Waals surface area contributed by atoms with Crippen molar-refractivity contribution in [2.75, 3.05) is 13.1 Å². The third-order valence-electron chi connectivity index (χ3n) is 3.99. The van der Waals surface area contributed by atoms with Crippen LogP contribution in [0.15, 0.2) is 0 Å². The van der Waals surface area contributed by atoms with Crippen LogP contribution in [0.1, 0.15) is 39.0 Å². The third kappa shape index (κ3) is 3.22. The molecule has 2 fully saturated rings. The van der Waals surface area contributed by atoms with Gasteiger partial charge in [0.2, 0.25) is 11.8 Å². The Bertz CT molecular complexity index is 330. The number of nitrogens with one attached hydrogen (secondary N) is 1. The molecular formula is C13H23N3O2. The van der Waals surface area contributed by atoms with Gasteiger partial charge in [-0.05, 0) is 32.1 Å². The number of hydrogen-bond acceptors (Lipinski definition) is 3. The van der Waals surface area contributed by atoms with Gasteiger partial charge in [-0.3, -0.25) is 9.59 Å². The predicted octanol–water partition coefficient (Wildman–Crippen LogP) is 0.241. The van der Waals surface area contributed by atoms with Gasteiger partial charge in [-0.25, -0.2) is 0 Å². The van der Waals surface area contributed by atoms with Gasteiger partial charge in [-0.2, -0.15) is 0 Å². The van der Waals surface area contributed by atoms with Gasteiger partial charge in [0.25, 0.3) is 0 Å². The molecule has 0 aromatic heterocycles. The molecule has 5 nitrogen and oxygen atoms in total. The summed E-state index contributed by atoms with van der Waals surface area (Å²) in [4.78, 5) is 25.3. The normalized spacial score (nSPS) is 29.4. The number of nitrogens with two attached hydrogens (primary N) is 1. The summed E-state index contributed by atoms with van der Waals surface area (Å²) in [6, 6.07) is 0.365. The molecule has 18 heavy (non-hydrogen) atoms. The summed E-state index contributed by atoms with van der Waals surface area (Å²) in [5.41, 5.74) is 5.67. The zero-order chi connectivity index (χ0) is 13.1. The average Bonchev–Trinajstić information content (AvgIpc) is 2.35. The highest BCUT2D eigenvalue weighted by molar-refractivity contribution is 5.78. The summed E-state index contributed by atoms with van der Waals surface area (Å²) in [7, 11) is 0. The second kappa shape index (κ2) is 5.69. The lowest BCUT2D eigenvalue weighted by molar-refractivity contribution is -0.135. The van der Waals surface area contributed by atoms with Crippen molar-refractivity contribution in [1.82, 2.24) is 10.2 Å². The van der Waals surface area contributed by atoms with Crippen molar-refractivity contribution in [2.45, 2.75) is 51.1 Å². The fourth-order valence-electron chi connectivity index (χ4n) is 2.85. The number of carbonyl (C=O) groups is 2. The summed E-state index contributed by atoms with van der Waals surface area (Å²) in [6.45, 7) is 3.48. The Hall–Kier alpha value is -1.10. The Morgan fingerprint density at radius 3 is 3.06 bits per heavy atom. The minimum absolute atomic E-state index is 0.0838. The van der Waals surface area contributed by atoms with Crippen molar-refractivity contribution in [1.29, 1.82) is 0 Å². The third-order valence-corrected chi connectivity index (χ3v) is 3.99. The second-order valence-electron chi connectivity index (χ2n) is 5.62. The van der Waals surface area contributed by atoms with Crippen molar-refractivity contribution in [3.63, 3.8) is 0 Å². The molecule has 2 aliphatic rings. The Morgan fingerprint density at radius 2 is 2.33 bits per heavy atom. The molecule has 2 saturated heterocycles. The van der Waals surface area contributed by atoms with E-state index in [0.29, 0.717) is 18.8 Å². The molecule has 5 heteroatoms. The van der Waals surface area contributed by atoms with Crippen LogP contribution >= 0.6 is 0 Å². The first kappa shape index (κ1) is 13.3. The maximum atomic E-state index is 12.0. The Kier molecular flexibility index (Phi) is 4.22. The summed E-state index contributed by atoms with van der Waals surface area (Å²) >= 11 is 0. The van der Waals surface area contributed by atoms with Crippen LogP contribution in [0.3, 0.4) is 0 Å². The van der Waals surface area contributed by atoms with E-state index >= 15 is 0 Å². The number of piperidine rings is 2. The van der Waals surface area contributed by atoms with Crippen LogP contribution in [-0.2, 0) is 9.59 Å². The van der Waals surface area contributed by atoms with Crippen molar-refractivity contribution in [2.24, 2.45) is 11.7 Å². The van der Waals surface area contributed by atoms with Crippen molar-refractivity contribution >= 4 is 11.8 Å². The lowest BCUT2D eigenvalue weighted by Gasteiger charge is -2.41. The van der Waals surface area contributed by atoms with Crippen molar-refractivity contribution in [3.8, 4) is 0 Å². The van der Waals surface area contributed by atoms with E-state index in [0.717, 1.165) is 32.4 Å². The second-order valence-corrected chi connectivity index (χ2v) is 5.62. The lowest BCUT2D eigenvalue weighted by atomic mass is 9.85. The van der Waals surface area contributed by atoms with Crippen LogP contribution < -0.4 is 11.1 Å². The molecule has 0 radical (unpaired) electrons. The van der Waals surface area contributed by atoms with E-state index in [9.17, 15) is 9.59 Å². The smallest absolute Gasteiger partial charge is 0.222 e. The fraction of sp³-hybridized carbons (Fsp3) is 0.846. The van der Waals surface area contributed by atoms with Gasteiger partial charge in [-0.15, -0.1) is 0 Å². The van der Waals surface area contributed by atoms with E-state index in [4.69, 9.17) is 5.73 Å². The van der Waals surface area contributed by atoms with E-state index in [1.165, 1.54) is 0 Å². The Morgan fingerprint density at radius 1 is 1.56 bits per heavy atom. The van der Waals surface area contributed by atoms with Crippen LogP contribution in [0.5, 0.6) is 0 Å². The molecule has 0 spiro atoms. The highest BCUT2D eigenvalue weighted by Crippen LogP contribution is 2.25. The zero-order valence-electron chi connectivity index (χ0n) is 11.0. The summed E-state index contributed by atoms with van der Waals surface area (Å²) in [6.07, 6.45) is 3.69. The van der Waals surface area contributed by atoms with E-state index in [-0.39, 0.29) is 23.9 Å². The number of likely N-dealkylation sites (tertiary alicyclic amines) is 1. The van der Waals surface area contributed by atoms with Gasteiger partial charge in [-0.1, -0.05) is 0 Å². The minimum Gasteiger partial charge on any atom is -0.353 e. The lowest BCUT2D eigenvalue weighted by Crippen LogP contribution is -2.55. The van der Waals surface area contributed by atoms with Crippen molar-refractivity contribution < 1.29 is 9.59 Å². The average molecular weight is 253 g/mol. The summed E-state index contributed by atoms with van der Waals surface area (Å²) < 4.78 is 0. The van der Waals surface area contributed by atoms with Gasteiger partial charge in [0.1, 0.15) is 0 Å². The SMILES string of the molecule is CC(N)CCC(=O)N1CCC2NC(=O)CCC2C1. The number of nitrogens with zero attached hydrogens (tertiary/aromatic N) is 1. The van der Waals surface area contributed by atoms with Crippen LogP contribution in [0.25, 0.3) is 0 Å². The van der Waals surface area contributed by atoms with Gasteiger partial charge in [0.15, 0.2) is 0 Å². The van der Waals surface area contributed by atoms with Crippen LogP contribution in [0, 0.1) is 5.92 Å². The molecule has 0 aromatic carbocycles. The highest BCUT2D eigenvalue weighted by Gasteiger charge is 2.34. The van der Waals surface area contributed by atoms with Crippen LogP contribution in [0.2, 0.25) is 0 Å². The molecule has 2 rings (SSSR count). The predicted molar refractivity (Wildman–Crippen MR) is 68.7 cm³/mol. The molecule has 2 heterocycles. The van der Waals surface area contributed by atoms with Crippen LogP contribution in [-0.4, -0.2) is 41.9 Å². The first-order valence-electron chi connectivity index (χ1n) is 6.89. The summed E-state index contributed by atoms with van der Waals surface area (Å²) in [5.74, 6) is 0.811. The molecule has 0 aromatic rings. The van der Waals surface area contributed by atoms with Gasteiger partial charge >= 0.3 is 0 Å². The molecule has 102 valence electrons. The molecule has 0 saturated carbocycles. The van der Waals surface area contributed by atoms with Gasteiger partial charge < -0.3 is 16.0 Å². The van der Waals surface area contributed by atoms with E-state index in [1.54, 1.807) is 0 Å². The van der Waals surface area contributed by atoms with E-state index < -0.39 is 0 Å². The van der Waals surface area contributed by atoms with Crippen molar-refractivity contribution in [3.05, 3.63) is 0 Å². The maximum Gasteiger partial charge on any atom is 0.222 e. The molecule has 2 aliphatic heterocycles. The standard InChI is InChI=1S/C13H23N3O2/c1-9(14)2-5-13(18)16-7-6-11-10(8-16)3-4-12(17)15-11/h9-11H,2-8,14H2,1H3,(H,15,17). The monoisotopic (exact) mass is 253 g/mol. The number of carbonyl (C=O) groups excluding carboxylic acids is 2. The molecule has 3 N–H and O–H groups in total. The topological polar surface area (TPSA) is 75.4 Å². The zero-order valence-corrected chi connectivity index (χ0v) is 11.0. The quantitative estimate of drug-likeness (QED) is 0.756. The summed E-state index contributed by atoms with van der Waals surface area (Å²) in [5, 5.41) is 3.03. The number of fused-ring (bicyclic) bond motifs is 1. The molecule has 3 atom stereocenters. The molecule has 2 amide bonds. The first-order chi connectivity index (χ1) is 8.56. The molecule has 0 aliphatic carbocycles. The number of rotatable bonds is 3. The van der Waals surface area contributed by atoms with Gasteiger partial charge in [0, 0.05) is 38.0 Å². The largest absolute Gasteiger partial charge is 0.353 e. The molecule has 0 bridgehead atoms.